The molecule has 1 aromatic heterocycles. The number of aromatic carboxylic acids is 1. The number of nitrogens with one attached hydrogen (secondary N) is 1. The topological polar surface area (TPSA) is 112 Å². The highest BCUT2D eigenvalue weighted by Gasteiger charge is 2.24. The highest BCUT2D eigenvalue weighted by Crippen LogP contribution is 2.30. The first-order valence-corrected chi connectivity index (χ1v) is 7.61. The zero-order chi connectivity index (χ0) is 17.1. The van der Waals surface area contributed by atoms with Crippen LogP contribution in [0.25, 0.3) is 6.08 Å². The number of hydrogen-bond donors (Lipinski definition) is 3. The molecular weight excluding hydrogens is 330 g/mol. The number of aliphatic imine (C=N–C) groups is 1. The number of carboxylic acids is 1. The summed E-state index contributed by atoms with van der Waals surface area (Å²) in [7, 11) is 0. The van der Waals surface area contributed by atoms with Crippen molar-refractivity contribution < 1.29 is 19.8 Å². The zero-order valence-corrected chi connectivity index (χ0v) is 12.9. The van der Waals surface area contributed by atoms with Crippen LogP contribution in [-0.4, -0.2) is 32.2 Å². The number of thioether (sulfide) groups is 1. The van der Waals surface area contributed by atoms with Gasteiger partial charge in [0.25, 0.3) is 5.91 Å². The van der Waals surface area contributed by atoms with Gasteiger partial charge in [-0.2, -0.15) is 0 Å². The van der Waals surface area contributed by atoms with Crippen molar-refractivity contribution in [2.24, 2.45) is 4.99 Å². The van der Waals surface area contributed by atoms with Gasteiger partial charge in [-0.1, -0.05) is 6.07 Å². The van der Waals surface area contributed by atoms with Crippen LogP contribution in [0.5, 0.6) is 5.75 Å². The smallest absolute Gasteiger partial charge is 0.338 e. The first kappa shape index (κ1) is 15.8. The lowest BCUT2D eigenvalue weighted by atomic mass is 10.2. The van der Waals surface area contributed by atoms with E-state index >= 15 is 0 Å². The first-order valence-electron chi connectivity index (χ1n) is 6.80. The monoisotopic (exact) mass is 341 g/mol. The molecule has 120 valence electrons. The lowest BCUT2D eigenvalue weighted by molar-refractivity contribution is -0.115. The third-order valence-electron chi connectivity index (χ3n) is 3.05. The molecule has 0 radical (unpaired) electrons. The quantitative estimate of drug-likeness (QED) is 0.739. The van der Waals surface area contributed by atoms with E-state index in [0.29, 0.717) is 10.6 Å². The zero-order valence-electron chi connectivity index (χ0n) is 12.1. The van der Waals surface area contributed by atoms with E-state index in [1.165, 1.54) is 12.1 Å². The molecule has 0 atom stereocenters. The molecule has 24 heavy (non-hydrogen) atoms. The molecule has 0 aliphatic carbocycles. The lowest BCUT2D eigenvalue weighted by Gasteiger charge is -2.02. The number of nitrogens with zero attached hydrogens (tertiary/aromatic N) is 2. The number of aromatic hydroxyl groups is 1. The number of hydrogen-bond acceptors (Lipinski definition) is 6. The molecule has 7 nitrogen and oxygen atoms in total. The molecule has 0 unspecified atom stereocenters. The highest BCUT2D eigenvalue weighted by molar-refractivity contribution is 8.18. The fourth-order valence-corrected chi connectivity index (χ4v) is 2.80. The number of amidine groups is 1. The number of benzene rings is 1. The number of carboxylic acid groups (broad SMARTS) is 1. The van der Waals surface area contributed by atoms with Gasteiger partial charge in [-0.15, -0.1) is 0 Å². The van der Waals surface area contributed by atoms with Crippen LogP contribution in [0.3, 0.4) is 0 Å². The van der Waals surface area contributed by atoms with E-state index in [1.807, 2.05) is 6.07 Å². The number of pyridine rings is 1. The molecule has 0 spiro atoms. The molecule has 1 aliphatic heterocycles. The number of phenolic OH excluding ortho intramolecular Hbond substituents is 1. The maximum absolute atomic E-state index is 12.0. The molecule has 3 N–H and O–H groups in total. The summed E-state index contributed by atoms with van der Waals surface area (Å²) >= 11 is 1.09. The molecule has 2 heterocycles. The van der Waals surface area contributed by atoms with Crippen molar-refractivity contribution in [3.8, 4) is 5.75 Å². The van der Waals surface area contributed by atoms with Crippen LogP contribution in [-0.2, 0) is 4.79 Å². The summed E-state index contributed by atoms with van der Waals surface area (Å²) in [5, 5.41) is 21.4. The van der Waals surface area contributed by atoms with Crippen molar-refractivity contribution in [2.45, 2.75) is 0 Å². The summed E-state index contributed by atoms with van der Waals surface area (Å²) < 4.78 is 0. The van der Waals surface area contributed by atoms with Gasteiger partial charge in [0.15, 0.2) is 5.17 Å². The maximum atomic E-state index is 12.0. The average molecular weight is 341 g/mol. The minimum atomic E-state index is -1.22. The Hall–Kier alpha value is -3.13. The predicted octanol–water partition coefficient (Wildman–Crippen LogP) is 2.38. The Kier molecular flexibility index (Phi) is 4.30. The summed E-state index contributed by atoms with van der Waals surface area (Å²) in [5.41, 5.74) is 0.619. The van der Waals surface area contributed by atoms with E-state index in [-0.39, 0.29) is 28.1 Å². The number of rotatable bonds is 3. The van der Waals surface area contributed by atoms with Gasteiger partial charge in [0.05, 0.1) is 21.8 Å². The van der Waals surface area contributed by atoms with E-state index in [2.05, 4.69) is 15.3 Å². The second kappa shape index (κ2) is 6.55. The number of carbonyl (C=O) groups excluding carboxylic acids is 1. The Labute approximate surface area is 140 Å². The molecule has 1 amide bonds. The standard InChI is InChI=1S/C16H11N3O4S/c20-10-4-5-12(11(8-10)15(22)23)18-16-19-14(21)13(24-16)7-9-3-1-2-6-17-9/h1-8,20H,(H,22,23)(H,18,19,21)/b13-7-. The molecule has 1 aliphatic rings. The fourth-order valence-electron chi connectivity index (χ4n) is 1.98. The molecule has 8 heteroatoms. The summed E-state index contributed by atoms with van der Waals surface area (Å²) in [4.78, 5) is 31.9. The SMILES string of the molecule is O=C1NC(=Nc2ccc(O)cc2C(=O)O)S/C1=C\c1ccccn1. The van der Waals surface area contributed by atoms with Crippen LogP contribution < -0.4 is 5.32 Å². The van der Waals surface area contributed by atoms with E-state index in [0.717, 1.165) is 17.8 Å². The van der Waals surface area contributed by atoms with E-state index < -0.39 is 5.97 Å². The van der Waals surface area contributed by atoms with Gasteiger partial charge in [0, 0.05) is 6.20 Å². The van der Waals surface area contributed by atoms with Crippen LogP contribution >= 0.6 is 11.8 Å². The summed E-state index contributed by atoms with van der Waals surface area (Å²) in [6.07, 6.45) is 3.24. The van der Waals surface area contributed by atoms with Crippen molar-refractivity contribution >= 4 is 40.6 Å². The van der Waals surface area contributed by atoms with Gasteiger partial charge >= 0.3 is 5.97 Å². The van der Waals surface area contributed by atoms with Gasteiger partial charge in [0.2, 0.25) is 0 Å². The molecule has 3 rings (SSSR count). The third-order valence-corrected chi connectivity index (χ3v) is 3.96. The molecule has 0 saturated carbocycles. The van der Waals surface area contributed by atoms with Crippen LogP contribution in [0.15, 0.2) is 52.5 Å². The number of phenols is 1. The molecule has 2 aromatic rings. The van der Waals surface area contributed by atoms with Gasteiger partial charge in [-0.05, 0) is 48.2 Å². The Morgan fingerprint density at radius 3 is 2.83 bits per heavy atom. The lowest BCUT2D eigenvalue weighted by Crippen LogP contribution is -2.19. The van der Waals surface area contributed by atoms with Crippen molar-refractivity contribution in [3.05, 3.63) is 58.8 Å². The molecule has 1 saturated heterocycles. The Bertz CT molecular complexity index is 878. The molecular formula is C16H11N3O4S. The van der Waals surface area contributed by atoms with Gasteiger partial charge in [-0.25, -0.2) is 9.79 Å². The Morgan fingerprint density at radius 2 is 2.12 bits per heavy atom. The molecule has 0 bridgehead atoms. The number of aromatic nitrogens is 1. The Morgan fingerprint density at radius 1 is 1.29 bits per heavy atom. The average Bonchev–Trinajstić information content (AvgIpc) is 2.89. The number of amides is 1. The second-order valence-corrected chi connectivity index (χ2v) is 5.77. The minimum absolute atomic E-state index is 0.141. The van der Waals surface area contributed by atoms with E-state index in [4.69, 9.17) is 5.11 Å². The summed E-state index contributed by atoms with van der Waals surface area (Å²) in [6, 6.07) is 9.15. The highest BCUT2D eigenvalue weighted by atomic mass is 32.2. The van der Waals surface area contributed by atoms with Crippen molar-refractivity contribution in [3.63, 3.8) is 0 Å². The summed E-state index contributed by atoms with van der Waals surface area (Å²) in [5.74, 6) is -1.72. The summed E-state index contributed by atoms with van der Waals surface area (Å²) in [6.45, 7) is 0. The van der Waals surface area contributed by atoms with Crippen LogP contribution in [0.4, 0.5) is 5.69 Å². The van der Waals surface area contributed by atoms with Gasteiger partial charge in [0.1, 0.15) is 5.75 Å². The largest absolute Gasteiger partial charge is 0.508 e. The first-order chi connectivity index (χ1) is 11.5. The fraction of sp³-hybridized carbons (Fsp3) is 0. The van der Waals surface area contributed by atoms with Gasteiger partial charge in [-0.3, -0.25) is 9.78 Å². The second-order valence-electron chi connectivity index (χ2n) is 4.74. The number of carbonyl (C=O) groups is 2. The van der Waals surface area contributed by atoms with Gasteiger partial charge < -0.3 is 15.5 Å². The molecule has 1 fully saturated rings. The normalized spacial score (nSPS) is 17.2. The van der Waals surface area contributed by atoms with Crippen LogP contribution in [0.1, 0.15) is 16.1 Å². The minimum Gasteiger partial charge on any atom is -0.508 e. The maximum Gasteiger partial charge on any atom is 0.338 e. The predicted molar refractivity (Wildman–Crippen MR) is 90.1 cm³/mol. The van der Waals surface area contributed by atoms with Crippen molar-refractivity contribution in [1.29, 1.82) is 0 Å². The van der Waals surface area contributed by atoms with E-state index in [1.54, 1.807) is 24.4 Å². The van der Waals surface area contributed by atoms with E-state index in [9.17, 15) is 14.7 Å². The van der Waals surface area contributed by atoms with Crippen molar-refractivity contribution in [1.82, 2.24) is 10.3 Å². The third kappa shape index (κ3) is 3.44. The van der Waals surface area contributed by atoms with Crippen LogP contribution in [0, 0.1) is 0 Å². The Balaban J connectivity index is 1.90. The molecule has 1 aromatic carbocycles. The van der Waals surface area contributed by atoms with Crippen LogP contribution in [0.2, 0.25) is 0 Å². The van der Waals surface area contributed by atoms with Crippen molar-refractivity contribution in [2.75, 3.05) is 0 Å².